The molecule has 3 aliphatic rings. The largest absolute Gasteiger partial charge is 0.457 e. The van der Waals surface area contributed by atoms with E-state index in [0.29, 0.717) is 55.8 Å². The Morgan fingerprint density at radius 3 is 2.40 bits per heavy atom. The zero-order chi connectivity index (χ0) is 39.4. The molecular weight excluding hydrogens is 726 g/mol. The lowest BCUT2D eigenvalue weighted by molar-refractivity contribution is -0.151. The van der Waals surface area contributed by atoms with Crippen LogP contribution in [-0.4, -0.2) is 122 Å². The third-order valence-corrected chi connectivity index (χ3v) is 13.0. The number of aliphatic hydroxyl groups is 1. The van der Waals surface area contributed by atoms with Gasteiger partial charge in [-0.25, -0.2) is 17.6 Å². The number of sulfonamides is 1. The molecule has 4 heterocycles. The van der Waals surface area contributed by atoms with Crippen LogP contribution in [0.2, 0.25) is 0 Å². The lowest BCUT2D eigenvalue weighted by atomic mass is 9.91. The minimum Gasteiger partial charge on any atom is -0.457 e. The predicted octanol–water partition coefficient (Wildman–Crippen LogP) is 5.27. The SMILES string of the molecule is C/C(=C\c1cc(F)cc(N2CCN(S(=O)(=O)c3ccc4ccn(C)c4c3)CC2)c1)[C@H]1OC(=O)C[C@H](O)CC[C@H](C)[C@H](OC(=O)N2CCN(C)CC2)/C=C/[C@@H]1C. The molecule has 1 N–H and O–H groups in total. The van der Waals surface area contributed by atoms with Crippen LogP contribution in [0.3, 0.4) is 0 Å². The standard InChI is InChI=1S/C41H54FN5O7S/c1-28-6-9-35(48)26-39(49)54-40(29(2)7-11-38(28)53-41(50)46-16-14-43(4)15-17-46)30(3)22-31-23-33(42)25-34(24-31)45-18-20-47(21-19-45)55(51,52)36-10-8-32-12-13-44(5)37(32)27-36/h7-8,10-13,22-25,27-29,35,38,40,48H,6,9,14-21,26H2,1-5H3/b11-7+,30-22+/t28-,29-,35+,38+,40-/m0/s1. The van der Waals surface area contributed by atoms with E-state index in [4.69, 9.17) is 9.47 Å². The summed E-state index contributed by atoms with van der Waals surface area (Å²) in [6.45, 7) is 9.65. The Morgan fingerprint density at radius 1 is 0.945 bits per heavy atom. The van der Waals surface area contributed by atoms with Crippen molar-refractivity contribution in [2.24, 2.45) is 18.9 Å². The van der Waals surface area contributed by atoms with Gasteiger partial charge in [-0.05, 0) is 91.7 Å². The number of esters is 1. The fraction of sp³-hybridized carbons (Fsp3) is 0.512. The van der Waals surface area contributed by atoms with Gasteiger partial charge in [-0.2, -0.15) is 4.31 Å². The molecule has 0 saturated carbocycles. The van der Waals surface area contributed by atoms with Crippen molar-refractivity contribution in [1.29, 1.82) is 0 Å². The summed E-state index contributed by atoms with van der Waals surface area (Å²) in [5, 5.41) is 11.7. The van der Waals surface area contributed by atoms with Crippen LogP contribution in [0.25, 0.3) is 17.0 Å². The molecule has 2 fully saturated rings. The van der Waals surface area contributed by atoms with Crippen LogP contribution in [0, 0.1) is 17.7 Å². The predicted molar refractivity (Wildman–Crippen MR) is 210 cm³/mol. The summed E-state index contributed by atoms with van der Waals surface area (Å²) in [5.41, 5.74) is 2.68. The Hall–Kier alpha value is -4.24. The van der Waals surface area contributed by atoms with Crippen molar-refractivity contribution < 1.29 is 37.0 Å². The third kappa shape index (κ3) is 9.77. The molecule has 0 unspecified atom stereocenters. The zero-order valence-corrected chi connectivity index (χ0v) is 33.3. The first-order valence-electron chi connectivity index (χ1n) is 19.2. The van der Waals surface area contributed by atoms with Gasteiger partial charge in [0.25, 0.3) is 0 Å². The highest BCUT2D eigenvalue weighted by Crippen LogP contribution is 2.29. The van der Waals surface area contributed by atoms with Crippen molar-refractivity contribution in [2.45, 2.75) is 63.2 Å². The summed E-state index contributed by atoms with van der Waals surface area (Å²) in [7, 11) is 0.173. The van der Waals surface area contributed by atoms with Crippen molar-refractivity contribution in [3.63, 3.8) is 0 Å². The molecule has 14 heteroatoms. The number of likely N-dealkylation sites (N-methyl/N-ethyl adjacent to an activating group) is 1. The first-order chi connectivity index (χ1) is 26.2. The maximum atomic E-state index is 15.2. The smallest absolute Gasteiger partial charge is 0.410 e. The van der Waals surface area contributed by atoms with Crippen molar-refractivity contribution in [1.82, 2.24) is 18.7 Å². The second-order valence-corrected chi connectivity index (χ2v) is 17.3. The minimum atomic E-state index is -3.73. The number of piperazine rings is 2. The molecule has 5 atom stereocenters. The average molecular weight is 780 g/mol. The van der Waals surface area contributed by atoms with Crippen LogP contribution < -0.4 is 4.90 Å². The van der Waals surface area contributed by atoms with E-state index < -0.39 is 40.1 Å². The Kier molecular flexibility index (Phi) is 12.7. The lowest BCUT2D eigenvalue weighted by Gasteiger charge is -2.35. The minimum absolute atomic E-state index is 0.105. The highest BCUT2D eigenvalue weighted by Gasteiger charge is 2.31. The second-order valence-electron chi connectivity index (χ2n) is 15.4. The van der Waals surface area contributed by atoms with Gasteiger partial charge in [0.1, 0.15) is 18.0 Å². The van der Waals surface area contributed by atoms with E-state index in [9.17, 15) is 23.1 Å². The Balaban J connectivity index is 1.17. The van der Waals surface area contributed by atoms with E-state index in [1.54, 1.807) is 23.1 Å². The van der Waals surface area contributed by atoms with Crippen LogP contribution in [0.5, 0.6) is 0 Å². The number of rotatable bonds is 6. The first-order valence-corrected chi connectivity index (χ1v) is 20.6. The Morgan fingerprint density at radius 2 is 1.67 bits per heavy atom. The number of halogens is 1. The van der Waals surface area contributed by atoms with Gasteiger partial charge in [-0.3, -0.25) is 4.79 Å². The molecule has 1 aromatic heterocycles. The summed E-state index contributed by atoms with van der Waals surface area (Å²) < 4.78 is 57.7. The quantitative estimate of drug-likeness (QED) is 0.263. The van der Waals surface area contributed by atoms with Gasteiger partial charge in [0, 0.05) is 82.7 Å². The van der Waals surface area contributed by atoms with E-state index in [0.717, 1.165) is 24.0 Å². The number of aryl methyl sites for hydroxylation is 1. The van der Waals surface area contributed by atoms with E-state index in [-0.39, 0.29) is 42.3 Å². The fourth-order valence-electron chi connectivity index (χ4n) is 7.58. The molecule has 3 aromatic rings. The number of hydrogen-bond acceptors (Lipinski definition) is 9. The number of anilines is 1. The summed E-state index contributed by atoms with van der Waals surface area (Å²) in [5.74, 6) is -1.44. The number of fused-ring (bicyclic) bond motifs is 1. The number of aromatic nitrogens is 1. The lowest BCUT2D eigenvalue weighted by Crippen LogP contribution is -2.48. The molecule has 1 amide bonds. The topological polar surface area (TPSA) is 125 Å². The van der Waals surface area contributed by atoms with Crippen molar-refractivity contribution in [3.8, 4) is 0 Å². The number of ether oxygens (including phenoxy) is 2. The fourth-order valence-corrected chi connectivity index (χ4v) is 9.02. The normalized spacial score (nSPS) is 26.3. The maximum Gasteiger partial charge on any atom is 0.410 e. The number of aliphatic hydroxyl groups excluding tert-OH is 1. The Labute approximate surface area is 323 Å². The van der Waals surface area contributed by atoms with Gasteiger partial charge in [0.2, 0.25) is 10.0 Å². The molecule has 0 aliphatic carbocycles. The maximum absolute atomic E-state index is 15.2. The molecular formula is C41H54FN5O7S. The van der Waals surface area contributed by atoms with E-state index >= 15 is 4.39 Å². The van der Waals surface area contributed by atoms with Gasteiger partial charge < -0.3 is 33.8 Å². The van der Waals surface area contributed by atoms with Crippen molar-refractivity contribution in [3.05, 3.63) is 77.8 Å². The van der Waals surface area contributed by atoms with Crippen LogP contribution >= 0.6 is 0 Å². The van der Waals surface area contributed by atoms with Crippen LogP contribution in [0.4, 0.5) is 14.9 Å². The second kappa shape index (κ2) is 17.3. The number of benzene rings is 2. The summed E-state index contributed by atoms with van der Waals surface area (Å²) in [6, 6.07) is 11.8. The third-order valence-electron chi connectivity index (χ3n) is 11.1. The van der Waals surface area contributed by atoms with Gasteiger partial charge in [0.15, 0.2) is 0 Å². The molecule has 6 rings (SSSR count). The molecule has 2 saturated heterocycles. The average Bonchev–Trinajstić information content (AvgIpc) is 3.53. The summed E-state index contributed by atoms with van der Waals surface area (Å²) >= 11 is 0. The van der Waals surface area contributed by atoms with Crippen LogP contribution in [-0.2, 0) is 31.3 Å². The molecule has 2 aromatic carbocycles. The summed E-state index contributed by atoms with van der Waals surface area (Å²) in [6.07, 6.45) is 5.57. The van der Waals surface area contributed by atoms with Gasteiger partial charge in [0.05, 0.1) is 17.4 Å². The first kappa shape index (κ1) is 40.4. The zero-order valence-electron chi connectivity index (χ0n) is 32.4. The number of nitrogens with zero attached hydrogens (tertiary/aromatic N) is 5. The number of amides is 1. The molecule has 0 bridgehead atoms. The number of carbonyl (C=O) groups is 2. The highest BCUT2D eigenvalue weighted by molar-refractivity contribution is 7.89. The van der Waals surface area contributed by atoms with Crippen molar-refractivity contribution in [2.75, 3.05) is 64.3 Å². The van der Waals surface area contributed by atoms with E-state index in [1.165, 1.54) is 16.4 Å². The van der Waals surface area contributed by atoms with Crippen LogP contribution in [0.15, 0.2) is 71.3 Å². The number of cyclic esters (lactones) is 1. The number of carbonyl (C=O) groups excluding carboxylic acids is 2. The van der Waals surface area contributed by atoms with E-state index in [1.807, 2.05) is 80.9 Å². The highest BCUT2D eigenvalue weighted by atomic mass is 32.2. The molecule has 0 spiro atoms. The van der Waals surface area contributed by atoms with Crippen molar-refractivity contribution >= 4 is 44.8 Å². The molecule has 298 valence electrons. The molecule has 12 nitrogen and oxygen atoms in total. The van der Waals surface area contributed by atoms with Gasteiger partial charge in [-0.15, -0.1) is 0 Å². The monoisotopic (exact) mass is 779 g/mol. The van der Waals surface area contributed by atoms with Gasteiger partial charge in [-0.1, -0.05) is 32.1 Å². The Bertz CT molecular complexity index is 2020. The summed E-state index contributed by atoms with van der Waals surface area (Å²) in [4.78, 5) is 32.3. The van der Waals surface area contributed by atoms with E-state index in [2.05, 4.69) is 4.90 Å². The van der Waals surface area contributed by atoms with Crippen LogP contribution in [0.1, 0.15) is 45.6 Å². The molecule has 3 aliphatic heterocycles. The molecule has 55 heavy (non-hydrogen) atoms. The van der Waals surface area contributed by atoms with Gasteiger partial charge >= 0.3 is 12.1 Å². The number of hydrogen-bond donors (Lipinski definition) is 1. The molecule has 0 radical (unpaired) electrons.